The van der Waals surface area contributed by atoms with Crippen molar-refractivity contribution in [1.29, 1.82) is 0 Å². The van der Waals surface area contributed by atoms with Gasteiger partial charge in [-0.05, 0) is 43.9 Å². The molecule has 0 N–H and O–H groups in total. The molecule has 1 saturated carbocycles. The number of hydrogen-bond acceptors (Lipinski definition) is 2. The minimum atomic E-state index is 0.610. The Balaban J connectivity index is 1.71. The lowest BCUT2D eigenvalue weighted by molar-refractivity contribution is 0.471. The van der Waals surface area contributed by atoms with Crippen molar-refractivity contribution in [2.75, 3.05) is 13.1 Å². The Hall–Kier alpha value is -1.48. The smallest absolute Gasteiger partial charge is 0.100 e. The summed E-state index contributed by atoms with van der Waals surface area (Å²) >= 11 is 6.37. The summed E-state index contributed by atoms with van der Waals surface area (Å²) in [5.74, 6) is 0.610. The second-order valence-electron chi connectivity index (χ2n) is 6.52. The number of hydrogen-bond donors (Lipinski definition) is 0. The largest absolute Gasteiger partial charge is 0.377 e. The van der Waals surface area contributed by atoms with E-state index in [1.54, 1.807) is 0 Å². The van der Waals surface area contributed by atoms with Crippen molar-refractivity contribution in [3.63, 3.8) is 0 Å². The second kappa shape index (κ2) is 5.96. The molecule has 2 aromatic rings. The van der Waals surface area contributed by atoms with Crippen LogP contribution in [-0.4, -0.2) is 27.4 Å². The fraction of sp³-hybridized carbons (Fsp3) is 0.500. The van der Waals surface area contributed by atoms with Crippen LogP contribution < -0.4 is 0 Å². The van der Waals surface area contributed by atoms with Gasteiger partial charge in [0, 0.05) is 30.2 Å². The summed E-state index contributed by atoms with van der Waals surface area (Å²) in [6, 6.07) is 4.09. The summed E-state index contributed by atoms with van der Waals surface area (Å²) in [4.78, 5) is 7.09. The number of nitrogens with zero attached hydrogens (tertiary/aromatic N) is 3. The molecule has 2 fully saturated rings. The molecule has 0 atom stereocenters. The van der Waals surface area contributed by atoms with Crippen molar-refractivity contribution in [2.45, 2.75) is 44.4 Å². The molecule has 0 radical (unpaired) electrons. The van der Waals surface area contributed by atoms with E-state index >= 15 is 0 Å². The molecule has 0 bridgehead atoms. The minimum Gasteiger partial charge on any atom is -0.377 e. The third-order valence-electron chi connectivity index (χ3n) is 5.01. The predicted molar refractivity (Wildman–Crippen MR) is 91.3 cm³/mol. The zero-order valence-corrected chi connectivity index (χ0v) is 13.6. The monoisotopic (exact) mass is 315 g/mol. The SMILES string of the molecule is Clc1cc(/C=C/N2CCCC2)n2cnc(C3CCCC3)c2c1. The van der Waals surface area contributed by atoms with Gasteiger partial charge in [0.2, 0.25) is 0 Å². The van der Waals surface area contributed by atoms with E-state index in [9.17, 15) is 0 Å². The first-order chi connectivity index (χ1) is 10.8. The standard InChI is InChI=1S/C18H22ClN3/c19-15-11-16(7-10-21-8-3-4-9-21)22-13-20-18(17(22)12-15)14-5-1-2-6-14/h7,10-14H,1-6,8-9H2/b10-7+. The second-order valence-corrected chi connectivity index (χ2v) is 6.96. The number of rotatable bonds is 3. The number of likely N-dealkylation sites (tertiary alicyclic amines) is 1. The molecule has 3 heterocycles. The van der Waals surface area contributed by atoms with E-state index in [2.05, 4.69) is 27.6 Å². The van der Waals surface area contributed by atoms with E-state index in [4.69, 9.17) is 16.6 Å². The predicted octanol–water partition coefficient (Wildman–Crippen LogP) is 4.71. The molecular formula is C18H22ClN3. The van der Waals surface area contributed by atoms with Gasteiger partial charge in [-0.3, -0.25) is 4.40 Å². The van der Waals surface area contributed by atoms with Gasteiger partial charge >= 0.3 is 0 Å². The summed E-state index contributed by atoms with van der Waals surface area (Å²) in [7, 11) is 0. The number of fused-ring (bicyclic) bond motifs is 1. The van der Waals surface area contributed by atoms with Gasteiger partial charge in [0.15, 0.2) is 0 Å². The zero-order valence-electron chi connectivity index (χ0n) is 12.8. The highest BCUT2D eigenvalue weighted by atomic mass is 35.5. The Kier molecular flexibility index (Phi) is 3.83. The molecule has 1 aliphatic carbocycles. The van der Waals surface area contributed by atoms with Crippen molar-refractivity contribution >= 4 is 23.2 Å². The normalized spacial score (nSPS) is 20.0. The van der Waals surface area contributed by atoms with Crippen LogP contribution >= 0.6 is 11.6 Å². The first kappa shape index (κ1) is 14.1. The highest BCUT2D eigenvalue weighted by Gasteiger charge is 2.22. The molecular weight excluding hydrogens is 294 g/mol. The van der Waals surface area contributed by atoms with E-state index in [1.165, 1.54) is 49.7 Å². The molecule has 0 spiro atoms. The molecule has 116 valence electrons. The summed E-state index contributed by atoms with van der Waals surface area (Å²) in [5, 5.41) is 0.799. The van der Waals surface area contributed by atoms with Crippen LogP contribution in [-0.2, 0) is 0 Å². The van der Waals surface area contributed by atoms with Gasteiger partial charge in [-0.1, -0.05) is 24.4 Å². The summed E-state index contributed by atoms with van der Waals surface area (Å²) in [5.41, 5.74) is 3.53. The van der Waals surface area contributed by atoms with Crippen LogP contribution in [0.15, 0.2) is 24.7 Å². The number of imidazole rings is 1. The highest BCUT2D eigenvalue weighted by molar-refractivity contribution is 6.31. The van der Waals surface area contributed by atoms with Gasteiger partial charge in [-0.2, -0.15) is 0 Å². The fourth-order valence-corrected chi connectivity index (χ4v) is 4.03. The van der Waals surface area contributed by atoms with E-state index < -0.39 is 0 Å². The minimum absolute atomic E-state index is 0.610. The molecule has 4 heteroatoms. The number of pyridine rings is 1. The summed E-state index contributed by atoms with van der Waals surface area (Å²) in [6.07, 6.45) is 14.1. The maximum atomic E-state index is 6.37. The third kappa shape index (κ3) is 2.63. The molecule has 2 aliphatic rings. The zero-order chi connectivity index (χ0) is 14.9. The Labute approximate surface area is 136 Å². The quantitative estimate of drug-likeness (QED) is 0.817. The topological polar surface area (TPSA) is 20.5 Å². The summed E-state index contributed by atoms with van der Waals surface area (Å²) in [6.45, 7) is 2.33. The Morgan fingerprint density at radius 1 is 1.09 bits per heavy atom. The Morgan fingerprint density at radius 2 is 1.86 bits per heavy atom. The van der Waals surface area contributed by atoms with Crippen LogP contribution in [0.1, 0.15) is 55.8 Å². The van der Waals surface area contributed by atoms with E-state index in [0.717, 1.165) is 23.8 Å². The van der Waals surface area contributed by atoms with Crippen molar-refractivity contribution in [3.05, 3.63) is 41.1 Å². The molecule has 22 heavy (non-hydrogen) atoms. The van der Waals surface area contributed by atoms with Crippen molar-refractivity contribution < 1.29 is 0 Å². The van der Waals surface area contributed by atoms with Crippen LogP contribution in [0, 0.1) is 0 Å². The molecule has 0 aromatic carbocycles. The first-order valence-corrected chi connectivity index (χ1v) is 8.78. The average molecular weight is 316 g/mol. The highest BCUT2D eigenvalue weighted by Crippen LogP contribution is 2.36. The van der Waals surface area contributed by atoms with Gasteiger partial charge in [-0.25, -0.2) is 4.98 Å². The van der Waals surface area contributed by atoms with Crippen LogP contribution in [0.2, 0.25) is 5.02 Å². The molecule has 4 rings (SSSR count). The Morgan fingerprint density at radius 3 is 2.64 bits per heavy atom. The van der Waals surface area contributed by atoms with E-state index in [-0.39, 0.29) is 0 Å². The van der Waals surface area contributed by atoms with E-state index in [0.29, 0.717) is 5.92 Å². The maximum absolute atomic E-state index is 6.37. The third-order valence-corrected chi connectivity index (χ3v) is 5.23. The van der Waals surface area contributed by atoms with Gasteiger partial charge < -0.3 is 4.90 Å². The fourth-order valence-electron chi connectivity index (χ4n) is 3.82. The molecule has 2 aromatic heterocycles. The van der Waals surface area contributed by atoms with Crippen molar-refractivity contribution in [1.82, 2.24) is 14.3 Å². The van der Waals surface area contributed by atoms with Crippen molar-refractivity contribution in [2.24, 2.45) is 0 Å². The van der Waals surface area contributed by atoms with Crippen LogP contribution in [0.5, 0.6) is 0 Å². The molecule has 0 unspecified atom stereocenters. The molecule has 3 nitrogen and oxygen atoms in total. The molecule has 1 aliphatic heterocycles. The van der Waals surface area contributed by atoms with Crippen LogP contribution in [0.4, 0.5) is 0 Å². The lowest BCUT2D eigenvalue weighted by atomic mass is 10.0. The van der Waals surface area contributed by atoms with Crippen LogP contribution in [0.25, 0.3) is 11.6 Å². The van der Waals surface area contributed by atoms with Crippen molar-refractivity contribution in [3.8, 4) is 0 Å². The number of halogens is 1. The van der Waals surface area contributed by atoms with Crippen LogP contribution in [0.3, 0.4) is 0 Å². The van der Waals surface area contributed by atoms with Gasteiger partial charge in [-0.15, -0.1) is 0 Å². The Bertz CT molecular complexity index is 692. The number of aromatic nitrogens is 2. The molecule has 0 amide bonds. The first-order valence-electron chi connectivity index (χ1n) is 8.40. The van der Waals surface area contributed by atoms with Gasteiger partial charge in [0.1, 0.15) is 6.33 Å². The maximum Gasteiger partial charge on any atom is 0.100 e. The van der Waals surface area contributed by atoms with E-state index in [1.807, 2.05) is 12.4 Å². The average Bonchev–Trinajstić information content (AvgIpc) is 3.24. The lowest BCUT2D eigenvalue weighted by Gasteiger charge is -2.11. The van der Waals surface area contributed by atoms with Gasteiger partial charge in [0.05, 0.1) is 16.9 Å². The lowest BCUT2D eigenvalue weighted by Crippen LogP contribution is -2.10. The summed E-state index contributed by atoms with van der Waals surface area (Å²) < 4.78 is 2.19. The molecule has 1 saturated heterocycles. The van der Waals surface area contributed by atoms with Gasteiger partial charge in [0.25, 0.3) is 0 Å².